The van der Waals surface area contributed by atoms with E-state index < -0.39 is 18.1 Å². The van der Waals surface area contributed by atoms with Gasteiger partial charge in [-0.15, -0.1) is 0 Å². The number of alkyl carbamates (subject to hydrolysis) is 1. The molecule has 2 N–H and O–H groups in total. The molecule has 1 aliphatic heterocycles. The van der Waals surface area contributed by atoms with Crippen LogP contribution in [0.25, 0.3) is 11.1 Å². The molecule has 2 atom stereocenters. The lowest BCUT2D eigenvalue weighted by Gasteiger charge is -2.34. The van der Waals surface area contributed by atoms with Crippen molar-refractivity contribution in [2.45, 2.75) is 51.0 Å². The highest BCUT2D eigenvalue weighted by atomic mass is 16.5. The van der Waals surface area contributed by atoms with Gasteiger partial charge in [-0.25, -0.2) is 4.79 Å². The molecular formula is C27H32N2O5. The molecule has 1 fully saturated rings. The number of carboxylic acid groups (broad SMARTS) is 1. The number of ether oxygens (including phenoxy) is 1. The molecule has 1 aliphatic carbocycles. The fourth-order valence-electron chi connectivity index (χ4n) is 5.17. The molecule has 2 amide bonds. The van der Waals surface area contributed by atoms with Gasteiger partial charge in [-0.3, -0.25) is 9.59 Å². The van der Waals surface area contributed by atoms with Crippen molar-refractivity contribution in [1.82, 2.24) is 10.2 Å². The van der Waals surface area contributed by atoms with Crippen LogP contribution in [0.3, 0.4) is 0 Å². The number of hydrogen-bond acceptors (Lipinski definition) is 4. The monoisotopic (exact) mass is 464 g/mol. The van der Waals surface area contributed by atoms with Crippen LogP contribution in [0.15, 0.2) is 48.5 Å². The van der Waals surface area contributed by atoms with Gasteiger partial charge in [0.2, 0.25) is 5.91 Å². The summed E-state index contributed by atoms with van der Waals surface area (Å²) in [5, 5.41) is 11.7. The van der Waals surface area contributed by atoms with E-state index in [1.54, 1.807) is 4.90 Å². The second-order valence-corrected chi connectivity index (χ2v) is 9.16. The van der Waals surface area contributed by atoms with Crippen molar-refractivity contribution in [2.24, 2.45) is 5.92 Å². The summed E-state index contributed by atoms with van der Waals surface area (Å²) in [5.74, 6) is -0.797. The fraction of sp³-hybridized carbons (Fsp3) is 0.444. The largest absolute Gasteiger partial charge is 0.481 e. The average Bonchev–Trinajstić information content (AvgIpc) is 3.18. The highest BCUT2D eigenvalue weighted by Gasteiger charge is 2.31. The Balaban J connectivity index is 1.34. The summed E-state index contributed by atoms with van der Waals surface area (Å²) < 4.78 is 5.61. The van der Waals surface area contributed by atoms with Crippen molar-refractivity contribution in [3.63, 3.8) is 0 Å². The van der Waals surface area contributed by atoms with Crippen molar-refractivity contribution in [2.75, 3.05) is 19.7 Å². The normalized spacial score (nSPS) is 18.0. The van der Waals surface area contributed by atoms with Gasteiger partial charge >= 0.3 is 12.1 Å². The van der Waals surface area contributed by atoms with Crippen LogP contribution in [0.2, 0.25) is 0 Å². The molecule has 2 aliphatic rings. The van der Waals surface area contributed by atoms with Crippen molar-refractivity contribution in [1.29, 1.82) is 0 Å². The molecule has 4 rings (SSSR count). The second-order valence-electron chi connectivity index (χ2n) is 9.16. The van der Waals surface area contributed by atoms with Crippen LogP contribution in [0.1, 0.15) is 56.1 Å². The number of carbonyl (C=O) groups is 3. The summed E-state index contributed by atoms with van der Waals surface area (Å²) in [6.45, 7) is 3.23. The number of nitrogens with one attached hydrogen (secondary N) is 1. The van der Waals surface area contributed by atoms with Crippen molar-refractivity contribution in [3.8, 4) is 11.1 Å². The predicted molar refractivity (Wildman–Crippen MR) is 128 cm³/mol. The van der Waals surface area contributed by atoms with Gasteiger partial charge in [0.25, 0.3) is 0 Å². The third-order valence-electron chi connectivity index (χ3n) is 6.94. The Morgan fingerprint density at radius 3 is 2.35 bits per heavy atom. The van der Waals surface area contributed by atoms with E-state index in [0.29, 0.717) is 25.9 Å². The number of benzene rings is 2. The molecule has 34 heavy (non-hydrogen) atoms. The Morgan fingerprint density at radius 2 is 1.74 bits per heavy atom. The van der Waals surface area contributed by atoms with Gasteiger partial charge in [0.05, 0.1) is 0 Å². The lowest BCUT2D eigenvalue weighted by atomic mass is 9.93. The van der Waals surface area contributed by atoms with E-state index in [1.807, 2.05) is 31.2 Å². The van der Waals surface area contributed by atoms with Gasteiger partial charge in [-0.1, -0.05) is 55.5 Å². The fourth-order valence-corrected chi connectivity index (χ4v) is 5.17. The van der Waals surface area contributed by atoms with Gasteiger partial charge in [0, 0.05) is 25.4 Å². The zero-order chi connectivity index (χ0) is 24.1. The van der Waals surface area contributed by atoms with Crippen molar-refractivity contribution in [3.05, 3.63) is 59.7 Å². The molecule has 0 radical (unpaired) electrons. The van der Waals surface area contributed by atoms with E-state index in [2.05, 4.69) is 29.6 Å². The van der Waals surface area contributed by atoms with Crippen LogP contribution in [-0.4, -0.2) is 53.7 Å². The van der Waals surface area contributed by atoms with Gasteiger partial charge in [-0.05, 0) is 53.9 Å². The zero-order valence-electron chi connectivity index (χ0n) is 19.5. The lowest BCUT2D eigenvalue weighted by molar-refractivity contribution is -0.137. The summed E-state index contributed by atoms with van der Waals surface area (Å²) in [7, 11) is 0. The zero-order valence-corrected chi connectivity index (χ0v) is 19.5. The van der Waals surface area contributed by atoms with E-state index in [0.717, 1.165) is 35.1 Å². The van der Waals surface area contributed by atoms with Gasteiger partial charge in [0.1, 0.15) is 12.6 Å². The Kier molecular flexibility index (Phi) is 7.50. The first kappa shape index (κ1) is 23.8. The minimum Gasteiger partial charge on any atom is -0.481 e. The standard InChI is InChI=1S/C27H32N2O5/c1-2-24(26(32)29-15-7-8-18(16-29)13-14-25(30)31)28-27(33)34-17-23-21-11-5-3-9-19(21)20-10-4-6-12-22(20)23/h3-6,9-12,18,23-24H,2,7-8,13-17H2,1H3,(H,28,33)(H,30,31)/t18?,24-/m1/s1. The Morgan fingerprint density at radius 1 is 1.09 bits per heavy atom. The number of carbonyl (C=O) groups excluding carboxylic acids is 2. The highest BCUT2D eigenvalue weighted by molar-refractivity contribution is 5.86. The summed E-state index contributed by atoms with van der Waals surface area (Å²) in [6.07, 6.45) is 2.31. The smallest absolute Gasteiger partial charge is 0.407 e. The highest BCUT2D eigenvalue weighted by Crippen LogP contribution is 2.44. The first-order valence-electron chi connectivity index (χ1n) is 12.1. The molecule has 0 saturated carbocycles. The number of carboxylic acids is 1. The second kappa shape index (κ2) is 10.7. The topological polar surface area (TPSA) is 95.9 Å². The molecule has 7 heteroatoms. The number of nitrogens with zero attached hydrogens (tertiary/aromatic N) is 1. The molecule has 0 spiro atoms. The summed E-state index contributed by atoms with van der Waals surface area (Å²) in [5.41, 5.74) is 4.60. The average molecular weight is 465 g/mol. The first-order valence-corrected chi connectivity index (χ1v) is 12.1. The van der Waals surface area contributed by atoms with Crippen LogP contribution in [0.5, 0.6) is 0 Å². The number of piperidine rings is 1. The molecule has 1 heterocycles. The van der Waals surface area contributed by atoms with Crippen molar-refractivity contribution >= 4 is 18.0 Å². The number of amides is 2. The Labute approximate surface area is 200 Å². The van der Waals surface area contributed by atoms with Crippen LogP contribution >= 0.6 is 0 Å². The van der Waals surface area contributed by atoms with Crippen molar-refractivity contribution < 1.29 is 24.2 Å². The quantitative estimate of drug-likeness (QED) is 0.603. The number of fused-ring (bicyclic) bond motifs is 3. The Bertz CT molecular complexity index is 1010. The molecule has 0 aromatic heterocycles. The molecular weight excluding hydrogens is 432 g/mol. The molecule has 1 saturated heterocycles. The number of aliphatic carboxylic acids is 1. The molecule has 2 aromatic carbocycles. The van der Waals surface area contributed by atoms with Gasteiger partial charge in [-0.2, -0.15) is 0 Å². The van der Waals surface area contributed by atoms with Crippen LogP contribution in [0.4, 0.5) is 4.79 Å². The number of hydrogen-bond donors (Lipinski definition) is 2. The predicted octanol–water partition coefficient (Wildman–Crippen LogP) is 4.41. The Hall–Kier alpha value is -3.35. The molecule has 7 nitrogen and oxygen atoms in total. The van der Waals surface area contributed by atoms with E-state index in [1.165, 1.54) is 0 Å². The van der Waals surface area contributed by atoms with Crippen LogP contribution in [0, 0.1) is 5.92 Å². The minimum absolute atomic E-state index is 0.0361. The maximum atomic E-state index is 13.1. The van der Waals surface area contributed by atoms with Crippen LogP contribution < -0.4 is 5.32 Å². The minimum atomic E-state index is -0.813. The molecule has 1 unspecified atom stereocenters. The van der Waals surface area contributed by atoms with E-state index in [4.69, 9.17) is 9.84 Å². The summed E-state index contributed by atoms with van der Waals surface area (Å²) in [6, 6.07) is 15.6. The van der Waals surface area contributed by atoms with E-state index in [-0.39, 0.29) is 30.8 Å². The summed E-state index contributed by atoms with van der Waals surface area (Å²) >= 11 is 0. The molecule has 180 valence electrons. The summed E-state index contributed by atoms with van der Waals surface area (Å²) in [4.78, 5) is 38.4. The number of likely N-dealkylation sites (tertiary alicyclic amines) is 1. The van der Waals surface area contributed by atoms with E-state index >= 15 is 0 Å². The van der Waals surface area contributed by atoms with E-state index in [9.17, 15) is 14.4 Å². The van der Waals surface area contributed by atoms with Gasteiger partial charge < -0.3 is 20.1 Å². The van der Waals surface area contributed by atoms with Crippen LogP contribution in [-0.2, 0) is 14.3 Å². The first-order chi connectivity index (χ1) is 16.5. The maximum absolute atomic E-state index is 13.1. The maximum Gasteiger partial charge on any atom is 0.407 e. The SMILES string of the molecule is CC[C@@H](NC(=O)OCC1c2ccccc2-c2ccccc21)C(=O)N1CCCC(CCC(=O)O)C1. The number of rotatable bonds is 8. The molecule has 0 bridgehead atoms. The lowest BCUT2D eigenvalue weighted by Crippen LogP contribution is -2.51. The molecule has 2 aromatic rings. The third-order valence-corrected chi connectivity index (χ3v) is 6.94. The third kappa shape index (κ3) is 5.24. The van der Waals surface area contributed by atoms with Gasteiger partial charge in [0.15, 0.2) is 0 Å².